The van der Waals surface area contributed by atoms with Crippen LogP contribution in [0.15, 0.2) is 0 Å². The number of piperidine rings is 2. The van der Waals surface area contributed by atoms with Gasteiger partial charge >= 0.3 is 0 Å². The third kappa shape index (κ3) is 2.07. The molecule has 3 aliphatic rings. The topological polar surface area (TPSA) is 73.2 Å². The normalized spacial score (nSPS) is 40.1. The van der Waals surface area contributed by atoms with Crippen LogP contribution in [-0.4, -0.2) is 35.8 Å². The molecule has 108 valence electrons. The van der Waals surface area contributed by atoms with Gasteiger partial charge in [0.05, 0.1) is 6.07 Å². The van der Waals surface area contributed by atoms with Crippen molar-refractivity contribution in [1.82, 2.24) is 10.2 Å². The maximum absolute atomic E-state index is 12.6. The van der Waals surface area contributed by atoms with Crippen LogP contribution >= 0.6 is 0 Å². The third-order valence-electron chi connectivity index (χ3n) is 5.13. The molecule has 3 fully saturated rings. The summed E-state index contributed by atoms with van der Waals surface area (Å²) < 4.78 is 0. The number of hydrogen-bond acceptors (Lipinski definition) is 3. The van der Waals surface area contributed by atoms with Crippen LogP contribution in [0, 0.1) is 28.6 Å². The lowest BCUT2D eigenvalue weighted by Gasteiger charge is -2.47. The smallest absolute Gasteiger partial charge is 0.243 e. The number of nitrogens with one attached hydrogen (secondary N) is 1. The molecule has 1 saturated carbocycles. The molecule has 2 saturated heterocycles. The predicted octanol–water partition coefficient (Wildman–Crippen LogP) is 1.05. The summed E-state index contributed by atoms with van der Waals surface area (Å²) in [6.07, 6.45) is 3.63. The van der Waals surface area contributed by atoms with Crippen molar-refractivity contribution in [3.05, 3.63) is 0 Å². The number of fused-ring (bicyclic) bond motifs is 1. The monoisotopic (exact) mass is 275 g/mol. The first kappa shape index (κ1) is 13.4. The summed E-state index contributed by atoms with van der Waals surface area (Å²) >= 11 is 0. The molecule has 0 spiro atoms. The minimum absolute atomic E-state index is 0.0217. The summed E-state index contributed by atoms with van der Waals surface area (Å²) in [5.41, 5.74) is -0.760. The molecule has 2 heterocycles. The molecule has 1 aliphatic carbocycles. The van der Waals surface area contributed by atoms with Gasteiger partial charge in [-0.15, -0.1) is 0 Å². The lowest BCUT2D eigenvalue weighted by atomic mass is 9.62. The second kappa shape index (κ2) is 4.76. The molecule has 2 aliphatic heterocycles. The molecular weight excluding hydrogens is 254 g/mol. The van der Waals surface area contributed by atoms with E-state index in [0.717, 1.165) is 12.8 Å². The van der Waals surface area contributed by atoms with Gasteiger partial charge in [0.2, 0.25) is 11.8 Å². The first-order valence-electron chi connectivity index (χ1n) is 7.54. The molecule has 20 heavy (non-hydrogen) atoms. The first-order valence-corrected chi connectivity index (χ1v) is 7.54. The fourth-order valence-corrected chi connectivity index (χ4v) is 4.04. The van der Waals surface area contributed by atoms with Crippen LogP contribution in [0.3, 0.4) is 0 Å². The number of nitriles is 1. The number of rotatable bonds is 1. The van der Waals surface area contributed by atoms with Gasteiger partial charge in [-0.25, -0.2) is 0 Å². The number of likely N-dealkylation sites (tertiary alicyclic amines) is 1. The lowest BCUT2D eigenvalue weighted by molar-refractivity contribution is -0.148. The van der Waals surface area contributed by atoms with Gasteiger partial charge in [-0.05, 0) is 37.5 Å². The maximum Gasteiger partial charge on any atom is 0.243 e. The van der Waals surface area contributed by atoms with E-state index < -0.39 is 5.41 Å². The fourth-order valence-electron chi connectivity index (χ4n) is 4.04. The van der Waals surface area contributed by atoms with Crippen LogP contribution < -0.4 is 5.32 Å². The zero-order chi connectivity index (χ0) is 14.3. The number of carbonyl (C=O) groups is 2. The highest BCUT2D eigenvalue weighted by Crippen LogP contribution is 2.46. The Hall–Kier alpha value is -1.57. The number of amides is 2. The Kier molecular flexibility index (Phi) is 3.19. The van der Waals surface area contributed by atoms with Crippen LogP contribution in [0.4, 0.5) is 0 Å². The summed E-state index contributed by atoms with van der Waals surface area (Å²) in [6, 6.07) is 2.48. The summed E-state index contributed by atoms with van der Waals surface area (Å²) in [6.45, 7) is 3.45. The molecule has 0 bridgehead atoms. The summed E-state index contributed by atoms with van der Waals surface area (Å²) in [7, 11) is 0. The van der Waals surface area contributed by atoms with Gasteiger partial charge in [0.25, 0.3) is 0 Å². The average molecular weight is 275 g/mol. The van der Waals surface area contributed by atoms with E-state index in [-0.39, 0.29) is 17.9 Å². The van der Waals surface area contributed by atoms with E-state index in [2.05, 4.69) is 18.3 Å². The second-order valence-electron chi connectivity index (χ2n) is 6.72. The van der Waals surface area contributed by atoms with E-state index in [9.17, 15) is 14.9 Å². The Labute approximate surface area is 119 Å². The summed E-state index contributed by atoms with van der Waals surface area (Å²) in [4.78, 5) is 25.9. The Bertz CT molecular complexity index is 476. The predicted molar refractivity (Wildman–Crippen MR) is 72.3 cm³/mol. The summed E-state index contributed by atoms with van der Waals surface area (Å²) in [5, 5.41) is 12.4. The van der Waals surface area contributed by atoms with Crippen LogP contribution in [0.25, 0.3) is 0 Å². The van der Waals surface area contributed by atoms with E-state index in [1.807, 2.05) is 4.90 Å². The fraction of sp³-hybridized carbons (Fsp3) is 0.800. The highest BCUT2D eigenvalue weighted by Gasteiger charge is 2.51. The van der Waals surface area contributed by atoms with Crippen LogP contribution in [-0.2, 0) is 9.59 Å². The van der Waals surface area contributed by atoms with Crippen molar-refractivity contribution in [1.29, 1.82) is 5.26 Å². The van der Waals surface area contributed by atoms with Crippen LogP contribution in [0.1, 0.15) is 39.0 Å². The number of hydrogen-bond donors (Lipinski definition) is 1. The van der Waals surface area contributed by atoms with Crippen molar-refractivity contribution in [3.63, 3.8) is 0 Å². The van der Waals surface area contributed by atoms with Crippen molar-refractivity contribution < 1.29 is 9.59 Å². The summed E-state index contributed by atoms with van der Waals surface area (Å²) in [5.74, 6) is 0.990. The van der Waals surface area contributed by atoms with E-state index >= 15 is 0 Å². The molecule has 5 nitrogen and oxygen atoms in total. The van der Waals surface area contributed by atoms with Gasteiger partial charge in [-0.1, -0.05) is 6.92 Å². The Morgan fingerprint density at radius 2 is 2.20 bits per heavy atom. The SMILES string of the molecule is CC1CC(C#N)(C(=O)N2CCC3NC(=O)CCC3C2)C1. The Balaban J connectivity index is 1.66. The van der Waals surface area contributed by atoms with Crippen molar-refractivity contribution in [3.8, 4) is 6.07 Å². The molecule has 0 radical (unpaired) electrons. The molecule has 2 amide bonds. The zero-order valence-electron chi connectivity index (χ0n) is 11.9. The van der Waals surface area contributed by atoms with Crippen molar-refractivity contribution in [2.45, 2.75) is 45.1 Å². The van der Waals surface area contributed by atoms with Crippen molar-refractivity contribution >= 4 is 11.8 Å². The Morgan fingerprint density at radius 1 is 1.45 bits per heavy atom. The molecule has 0 aromatic carbocycles. The van der Waals surface area contributed by atoms with E-state index in [1.165, 1.54) is 0 Å². The minimum atomic E-state index is -0.760. The molecule has 5 heteroatoms. The van der Waals surface area contributed by atoms with Gasteiger partial charge < -0.3 is 10.2 Å². The van der Waals surface area contributed by atoms with Gasteiger partial charge in [0, 0.05) is 25.6 Å². The molecule has 3 rings (SSSR count). The second-order valence-corrected chi connectivity index (χ2v) is 6.72. The zero-order valence-corrected chi connectivity index (χ0v) is 11.9. The first-order chi connectivity index (χ1) is 9.54. The van der Waals surface area contributed by atoms with Gasteiger partial charge in [-0.2, -0.15) is 5.26 Å². The van der Waals surface area contributed by atoms with Gasteiger partial charge in [-0.3, -0.25) is 9.59 Å². The highest BCUT2D eigenvalue weighted by atomic mass is 16.2. The van der Waals surface area contributed by atoms with E-state index in [0.29, 0.717) is 44.2 Å². The quantitative estimate of drug-likeness (QED) is 0.777. The van der Waals surface area contributed by atoms with Crippen LogP contribution in [0.2, 0.25) is 0 Å². The van der Waals surface area contributed by atoms with Gasteiger partial charge in [0.15, 0.2) is 0 Å². The molecular formula is C15H21N3O2. The number of carbonyl (C=O) groups excluding carboxylic acids is 2. The van der Waals surface area contributed by atoms with Crippen molar-refractivity contribution in [2.24, 2.45) is 17.3 Å². The molecule has 0 aromatic heterocycles. The van der Waals surface area contributed by atoms with E-state index in [1.54, 1.807) is 0 Å². The van der Waals surface area contributed by atoms with E-state index in [4.69, 9.17) is 0 Å². The average Bonchev–Trinajstić information content (AvgIpc) is 2.42. The largest absolute Gasteiger partial charge is 0.353 e. The minimum Gasteiger partial charge on any atom is -0.353 e. The molecule has 2 atom stereocenters. The van der Waals surface area contributed by atoms with Crippen molar-refractivity contribution in [2.75, 3.05) is 13.1 Å². The highest BCUT2D eigenvalue weighted by molar-refractivity contribution is 5.87. The molecule has 0 aromatic rings. The Morgan fingerprint density at radius 3 is 2.85 bits per heavy atom. The third-order valence-corrected chi connectivity index (χ3v) is 5.13. The van der Waals surface area contributed by atoms with Crippen LogP contribution in [0.5, 0.6) is 0 Å². The lowest BCUT2D eigenvalue weighted by Crippen LogP contribution is -2.58. The standard InChI is InChI=1S/C15H21N3O2/c1-10-6-15(7-10,9-16)14(20)18-5-4-12-11(8-18)2-3-13(19)17-12/h10-12H,2-8H2,1H3,(H,17,19). The molecule has 2 unspecified atom stereocenters. The maximum atomic E-state index is 12.6. The molecule has 1 N–H and O–H groups in total. The van der Waals surface area contributed by atoms with Gasteiger partial charge in [0.1, 0.15) is 5.41 Å². The number of nitrogens with zero attached hydrogens (tertiary/aromatic N) is 2.